The van der Waals surface area contributed by atoms with Crippen molar-refractivity contribution in [2.45, 2.75) is 0 Å². The summed E-state index contributed by atoms with van der Waals surface area (Å²) in [6, 6.07) is 0. The molecule has 2 N–H and O–H groups in total. The second-order valence-corrected chi connectivity index (χ2v) is 2.92. The molecular formula is C4H9ClN2O3S. The van der Waals surface area contributed by atoms with Gasteiger partial charge in [0.2, 0.25) is 6.33 Å². The number of imidazole rings is 1. The first kappa shape index (κ1) is 13.0. The van der Waals surface area contributed by atoms with Gasteiger partial charge in [-0.1, -0.05) is 0 Å². The van der Waals surface area contributed by atoms with Crippen molar-refractivity contribution in [1.82, 2.24) is 4.98 Å². The predicted molar refractivity (Wildman–Crippen MR) is 40.2 cm³/mol. The van der Waals surface area contributed by atoms with Crippen LogP contribution < -0.4 is 4.98 Å². The highest BCUT2D eigenvalue weighted by Gasteiger charge is 1.66. The third kappa shape index (κ3) is 26.6. The number of halogens is 1. The van der Waals surface area contributed by atoms with Gasteiger partial charge in [0.25, 0.3) is 0 Å². The lowest BCUT2D eigenvalue weighted by Gasteiger charge is -1.90. The molecule has 0 saturated carbocycles. The van der Waals surface area contributed by atoms with Gasteiger partial charge in [-0.25, -0.2) is 8.42 Å². The van der Waals surface area contributed by atoms with Crippen LogP contribution in [-0.4, -0.2) is 24.2 Å². The van der Waals surface area contributed by atoms with Crippen LogP contribution >= 0.6 is 12.4 Å². The van der Waals surface area contributed by atoms with Crippen molar-refractivity contribution >= 4 is 22.5 Å². The highest BCUT2D eigenvalue weighted by Crippen LogP contribution is 1.59. The minimum atomic E-state index is -3.92. The van der Waals surface area contributed by atoms with E-state index < -0.39 is 10.1 Å². The number of aromatic nitrogens is 2. The van der Waals surface area contributed by atoms with Crippen molar-refractivity contribution in [3.63, 3.8) is 0 Å². The van der Waals surface area contributed by atoms with Crippen molar-refractivity contribution in [2.24, 2.45) is 0 Å². The van der Waals surface area contributed by atoms with Gasteiger partial charge >= 0.3 is 0 Å². The van der Waals surface area contributed by atoms with Gasteiger partial charge in [0.15, 0.2) is 0 Å². The van der Waals surface area contributed by atoms with E-state index in [1.807, 2.05) is 12.4 Å². The summed E-state index contributed by atoms with van der Waals surface area (Å²) in [6.45, 7) is 0. The summed E-state index contributed by atoms with van der Waals surface area (Å²) in [6.07, 6.45) is 5.99. The fourth-order valence-corrected chi connectivity index (χ4v) is 0.241. The molecule has 0 radical (unpaired) electrons. The van der Waals surface area contributed by atoms with E-state index in [-0.39, 0.29) is 12.4 Å². The third-order valence-corrected chi connectivity index (χ3v) is 0.442. The molecule has 66 valence electrons. The third-order valence-electron chi connectivity index (χ3n) is 0.442. The number of nitrogens with one attached hydrogen (secondary N) is 2. The van der Waals surface area contributed by atoms with Crippen LogP contribution in [0.5, 0.6) is 0 Å². The smallest absolute Gasteiger partial charge is 0.239 e. The lowest BCUT2D eigenvalue weighted by atomic mass is 11.0. The van der Waals surface area contributed by atoms with Gasteiger partial charge in [0, 0.05) is 6.26 Å². The van der Waals surface area contributed by atoms with Gasteiger partial charge in [0.1, 0.15) is 12.4 Å². The van der Waals surface area contributed by atoms with Gasteiger partial charge in [-0.3, -0.25) is 9.97 Å². The van der Waals surface area contributed by atoms with Crippen molar-refractivity contribution in [3.05, 3.63) is 18.7 Å². The first-order chi connectivity index (χ1) is 4.50. The number of rotatable bonds is 0. The molecular weight excluding hydrogens is 192 g/mol. The van der Waals surface area contributed by atoms with E-state index in [0.717, 1.165) is 0 Å². The molecule has 0 unspecified atom stereocenters. The summed E-state index contributed by atoms with van der Waals surface area (Å²) in [4.78, 5) is 5.61. The maximum absolute atomic E-state index is 9.08. The largest absolute Gasteiger partial charge is 0.748 e. The molecule has 11 heavy (non-hydrogen) atoms. The molecule has 7 heteroatoms. The van der Waals surface area contributed by atoms with E-state index in [2.05, 4.69) is 9.97 Å². The molecule has 1 aromatic heterocycles. The Hall–Kier alpha value is -0.590. The molecule has 1 aromatic rings. The fourth-order valence-electron chi connectivity index (χ4n) is 0.241. The van der Waals surface area contributed by atoms with Gasteiger partial charge in [-0.2, -0.15) is 0 Å². The molecule has 0 bridgehead atoms. The molecule has 1 heterocycles. The SMILES string of the molecule is CS(=O)(=O)[O-].Cl.c1c[nH+]c[nH]1. The summed E-state index contributed by atoms with van der Waals surface area (Å²) in [5, 5.41) is 0. The summed E-state index contributed by atoms with van der Waals surface area (Å²) < 4.78 is 27.2. The van der Waals surface area contributed by atoms with Crippen LogP contribution in [0.15, 0.2) is 18.7 Å². The average Bonchev–Trinajstić information content (AvgIpc) is 2.07. The average molecular weight is 201 g/mol. The predicted octanol–water partition coefficient (Wildman–Crippen LogP) is -0.588. The number of hydrogen-bond donors (Lipinski definition) is 1. The molecule has 0 aliphatic carbocycles. The van der Waals surface area contributed by atoms with E-state index in [0.29, 0.717) is 6.26 Å². The van der Waals surface area contributed by atoms with E-state index in [9.17, 15) is 0 Å². The Balaban J connectivity index is 0. The van der Waals surface area contributed by atoms with Crippen LogP contribution in [0, 0.1) is 0 Å². The van der Waals surface area contributed by atoms with Crippen LogP contribution in [0.1, 0.15) is 0 Å². The Kier molecular flexibility index (Phi) is 7.28. The zero-order valence-electron chi connectivity index (χ0n) is 5.77. The van der Waals surface area contributed by atoms with Gasteiger partial charge < -0.3 is 4.55 Å². The first-order valence-electron chi connectivity index (χ1n) is 2.40. The monoisotopic (exact) mass is 200 g/mol. The Labute approximate surface area is 71.0 Å². The van der Waals surface area contributed by atoms with E-state index in [1.165, 1.54) is 0 Å². The molecule has 5 nitrogen and oxygen atoms in total. The quantitative estimate of drug-likeness (QED) is 0.568. The van der Waals surface area contributed by atoms with Crippen molar-refractivity contribution in [3.8, 4) is 0 Å². The lowest BCUT2D eigenvalue weighted by molar-refractivity contribution is -0.375. The van der Waals surface area contributed by atoms with Crippen LogP contribution in [0.3, 0.4) is 0 Å². The van der Waals surface area contributed by atoms with Crippen LogP contribution in [-0.2, 0) is 10.1 Å². The van der Waals surface area contributed by atoms with Crippen molar-refractivity contribution in [2.75, 3.05) is 6.26 Å². The van der Waals surface area contributed by atoms with Gasteiger partial charge in [-0.05, 0) is 0 Å². The second kappa shape index (κ2) is 6.14. The number of H-pyrrole nitrogens is 2. The second-order valence-electron chi connectivity index (χ2n) is 1.52. The molecule has 0 aliphatic rings. The Morgan fingerprint density at radius 2 is 2.00 bits per heavy atom. The molecule has 0 spiro atoms. The van der Waals surface area contributed by atoms with Crippen molar-refractivity contribution in [1.29, 1.82) is 0 Å². The fraction of sp³-hybridized carbons (Fsp3) is 0.250. The van der Waals surface area contributed by atoms with E-state index in [1.54, 1.807) is 6.33 Å². The molecule has 0 saturated heterocycles. The zero-order valence-corrected chi connectivity index (χ0v) is 7.41. The Bertz CT molecular complexity index is 219. The summed E-state index contributed by atoms with van der Waals surface area (Å²) in [5.41, 5.74) is 0. The van der Waals surface area contributed by atoms with Crippen LogP contribution in [0.4, 0.5) is 0 Å². The Morgan fingerprint density at radius 3 is 2.09 bits per heavy atom. The molecule has 1 rings (SSSR count). The number of hydrogen-bond acceptors (Lipinski definition) is 3. The summed E-state index contributed by atoms with van der Waals surface area (Å²) in [7, 11) is -3.92. The highest BCUT2D eigenvalue weighted by atomic mass is 35.5. The van der Waals surface area contributed by atoms with E-state index >= 15 is 0 Å². The van der Waals surface area contributed by atoms with Crippen LogP contribution in [0.2, 0.25) is 0 Å². The standard InChI is InChI=1S/C3H4N2.CH4O3S.ClH/c1-2-5-3-4-1;1-5(2,3)4;/h1-3H,(H,4,5);1H3,(H,2,3,4);1H. The van der Waals surface area contributed by atoms with E-state index in [4.69, 9.17) is 13.0 Å². The highest BCUT2D eigenvalue weighted by molar-refractivity contribution is 7.84. The summed E-state index contributed by atoms with van der Waals surface area (Å²) in [5.74, 6) is 0. The number of aromatic amines is 2. The first-order valence-corrected chi connectivity index (χ1v) is 4.21. The Morgan fingerprint density at radius 1 is 1.55 bits per heavy atom. The van der Waals surface area contributed by atoms with Crippen LogP contribution in [0.25, 0.3) is 0 Å². The molecule has 0 atom stereocenters. The molecule has 0 amide bonds. The summed E-state index contributed by atoms with van der Waals surface area (Å²) >= 11 is 0. The zero-order chi connectivity index (χ0) is 8.04. The molecule has 0 aliphatic heterocycles. The lowest BCUT2D eigenvalue weighted by Crippen LogP contribution is -1.88. The minimum absolute atomic E-state index is 0. The topological polar surface area (TPSA) is 87.1 Å². The molecule has 0 fully saturated rings. The molecule has 0 aromatic carbocycles. The minimum Gasteiger partial charge on any atom is -0.748 e. The maximum atomic E-state index is 9.08. The normalized spacial score (nSPS) is 8.91. The maximum Gasteiger partial charge on any atom is 0.239 e. The van der Waals surface area contributed by atoms with Gasteiger partial charge in [-0.15, -0.1) is 12.4 Å². The van der Waals surface area contributed by atoms with Gasteiger partial charge in [0.05, 0.1) is 10.1 Å². The van der Waals surface area contributed by atoms with Crippen molar-refractivity contribution < 1.29 is 18.0 Å².